The maximum absolute atomic E-state index is 6.05. The van der Waals surface area contributed by atoms with E-state index in [-0.39, 0.29) is 5.92 Å². The second-order valence-corrected chi connectivity index (χ2v) is 6.59. The Kier molecular flexibility index (Phi) is 7.14. The molecule has 0 aromatic heterocycles. The minimum atomic E-state index is 0.184. The molecule has 2 N–H and O–H groups in total. The lowest BCUT2D eigenvalue weighted by molar-refractivity contribution is 0.271. The molecule has 4 heteroatoms. The summed E-state index contributed by atoms with van der Waals surface area (Å²) in [6.07, 6.45) is 0.851. The van der Waals surface area contributed by atoms with Gasteiger partial charge in [-0.2, -0.15) is 0 Å². The molecule has 25 heavy (non-hydrogen) atoms. The van der Waals surface area contributed by atoms with Gasteiger partial charge in [-0.25, -0.2) is 0 Å². The Hall–Kier alpha value is -2.20. The molecule has 0 aliphatic heterocycles. The zero-order chi connectivity index (χ0) is 18.2. The van der Waals surface area contributed by atoms with Crippen LogP contribution < -0.4 is 19.9 Å². The van der Waals surface area contributed by atoms with Gasteiger partial charge in [0.15, 0.2) is 0 Å². The van der Waals surface area contributed by atoms with Crippen LogP contribution in [0, 0.1) is 5.92 Å². The molecule has 0 amide bonds. The highest BCUT2D eigenvalue weighted by Gasteiger charge is 2.16. The Morgan fingerprint density at radius 2 is 1.60 bits per heavy atom. The van der Waals surface area contributed by atoms with Crippen LogP contribution in [0.3, 0.4) is 0 Å². The summed E-state index contributed by atoms with van der Waals surface area (Å²) >= 11 is 0. The van der Waals surface area contributed by atoms with E-state index >= 15 is 0 Å². The first-order valence-electron chi connectivity index (χ1n) is 8.71. The SMILES string of the molecule is COc1ccc(C(CN)Cc2ccc(OCC(C)C)cc2)c(OC)c1. The fourth-order valence-electron chi connectivity index (χ4n) is 2.75. The van der Waals surface area contributed by atoms with Gasteiger partial charge in [0.1, 0.15) is 17.2 Å². The fraction of sp³-hybridized carbons (Fsp3) is 0.429. The van der Waals surface area contributed by atoms with Crippen LogP contribution in [0.5, 0.6) is 17.2 Å². The van der Waals surface area contributed by atoms with Gasteiger partial charge in [-0.05, 0) is 48.2 Å². The Morgan fingerprint density at radius 1 is 0.920 bits per heavy atom. The average molecular weight is 343 g/mol. The summed E-state index contributed by atoms with van der Waals surface area (Å²) in [6, 6.07) is 14.1. The Morgan fingerprint density at radius 3 is 2.16 bits per heavy atom. The van der Waals surface area contributed by atoms with Crippen LogP contribution in [-0.2, 0) is 6.42 Å². The van der Waals surface area contributed by atoms with Gasteiger partial charge in [0, 0.05) is 12.0 Å². The van der Waals surface area contributed by atoms with E-state index < -0.39 is 0 Å². The lowest BCUT2D eigenvalue weighted by atomic mass is 9.91. The monoisotopic (exact) mass is 343 g/mol. The summed E-state index contributed by atoms with van der Waals surface area (Å²) in [4.78, 5) is 0. The molecular formula is C21H29NO3. The van der Waals surface area contributed by atoms with Crippen molar-refractivity contribution in [2.75, 3.05) is 27.4 Å². The molecule has 0 heterocycles. The van der Waals surface area contributed by atoms with Crippen LogP contribution in [0.2, 0.25) is 0 Å². The maximum atomic E-state index is 6.05. The van der Waals surface area contributed by atoms with E-state index in [4.69, 9.17) is 19.9 Å². The van der Waals surface area contributed by atoms with Crippen LogP contribution in [0.15, 0.2) is 42.5 Å². The first kappa shape index (κ1) is 19.1. The topological polar surface area (TPSA) is 53.7 Å². The summed E-state index contributed by atoms with van der Waals surface area (Å²) in [5.74, 6) is 3.20. The lowest BCUT2D eigenvalue weighted by Gasteiger charge is -2.19. The third-order valence-corrected chi connectivity index (χ3v) is 4.15. The Labute approximate surface area is 150 Å². The number of rotatable bonds is 9. The highest BCUT2D eigenvalue weighted by Crippen LogP contribution is 2.32. The molecule has 0 aliphatic rings. The number of benzene rings is 2. The third-order valence-electron chi connectivity index (χ3n) is 4.15. The van der Waals surface area contributed by atoms with E-state index in [9.17, 15) is 0 Å². The first-order valence-corrected chi connectivity index (χ1v) is 8.71. The number of hydrogen-bond acceptors (Lipinski definition) is 4. The molecule has 1 atom stereocenters. The molecule has 0 aliphatic carbocycles. The second-order valence-electron chi connectivity index (χ2n) is 6.59. The van der Waals surface area contributed by atoms with E-state index in [0.29, 0.717) is 12.5 Å². The average Bonchev–Trinajstić information content (AvgIpc) is 2.64. The first-order chi connectivity index (χ1) is 12.1. The largest absolute Gasteiger partial charge is 0.497 e. The Balaban J connectivity index is 2.11. The molecule has 2 rings (SSSR count). The quantitative estimate of drug-likeness (QED) is 0.747. The van der Waals surface area contributed by atoms with Gasteiger partial charge in [-0.3, -0.25) is 0 Å². The predicted molar refractivity (Wildman–Crippen MR) is 102 cm³/mol. The summed E-state index contributed by atoms with van der Waals surface area (Å²) in [7, 11) is 3.32. The maximum Gasteiger partial charge on any atom is 0.126 e. The Bertz CT molecular complexity index is 653. The number of nitrogens with two attached hydrogens (primary N) is 1. The van der Waals surface area contributed by atoms with E-state index in [1.54, 1.807) is 14.2 Å². The molecule has 136 valence electrons. The molecule has 0 spiro atoms. The van der Waals surface area contributed by atoms with Gasteiger partial charge < -0.3 is 19.9 Å². The van der Waals surface area contributed by atoms with Crippen molar-refractivity contribution in [1.82, 2.24) is 0 Å². The van der Waals surface area contributed by atoms with Crippen molar-refractivity contribution in [1.29, 1.82) is 0 Å². The zero-order valence-corrected chi connectivity index (χ0v) is 15.6. The molecule has 4 nitrogen and oxygen atoms in total. The van der Waals surface area contributed by atoms with Crippen LogP contribution in [0.4, 0.5) is 0 Å². The normalized spacial score (nSPS) is 12.1. The van der Waals surface area contributed by atoms with Crippen molar-refractivity contribution in [3.05, 3.63) is 53.6 Å². The van der Waals surface area contributed by atoms with Gasteiger partial charge in [0.2, 0.25) is 0 Å². The lowest BCUT2D eigenvalue weighted by Crippen LogP contribution is -2.16. The molecule has 0 fully saturated rings. The van der Waals surface area contributed by atoms with Gasteiger partial charge in [0.05, 0.1) is 20.8 Å². The summed E-state index contributed by atoms with van der Waals surface area (Å²) in [6.45, 7) is 5.56. The van der Waals surface area contributed by atoms with Gasteiger partial charge in [0.25, 0.3) is 0 Å². The van der Waals surface area contributed by atoms with Crippen molar-refractivity contribution in [3.8, 4) is 17.2 Å². The third kappa shape index (κ3) is 5.40. The minimum absolute atomic E-state index is 0.184. The number of hydrogen-bond donors (Lipinski definition) is 1. The summed E-state index contributed by atoms with van der Waals surface area (Å²) < 4.78 is 16.5. The molecule has 0 radical (unpaired) electrons. The van der Waals surface area contributed by atoms with Crippen LogP contribution in [0.1, 0.15) is 30.9 Å². The molecule has 0 saturated heterocycles. The molecular weight excluding hydrogens is 314 g/mol. The van der Waals surface area contributed by atoms with Gasteiger partial charge in [-0.1, -0.05) is 32.0 Å². The van der Waals surface area contributed by atoms with Crippen molar-refractivity contribution >= 4 is 0 Å². The molecule has 2 aromatic rings. The van der Waals surface area contributed by atoms with E-state index in [0.717, 1.165) is 35.8 Å². The van der Waals surface area contributed by atoms with Crippen molar-refractivity contribution in [2.24, 2.45) is 11.7 Å². The highest BCUT2D eigenvalue weighted by atomic mass is 16.5. The molecule has 0 saturated carbocycles. The highest BCUT2D eigenvalue weighted by molar-refractivity contribution is 5.43. The standard InChI is InChI=1S/C21H29NO3/c1-15(2)14-25-18-7-5-16(6-8-18)11-17(13-22)20-10-9-19(23-3)12-21(20)24-4/h5-10,12,15,17H,11,13-14,22H2,1-4H3. The minimum Gasteiger partial charge on any atom is -0.497 e. The number of methoxy groups -OCH3 is 2. The van der Waals surface area contributed by atoms with Gasteiger partial charge in [-0.15, -0.1) is 0 Å². The molecule has 1 unspecified atom stereocenters. The van der Waals surface area contributed by atoms with Crippen molar-refractivity contribution < 1.29 is 14.2 Å². The van der Waals surface area contributed by atoms with Crippen LogP contribution in [-0.4, -0.2) is 27.4 Å². The van der Waals surface area contributed by atoms with Crippen LogP contribution in [0.25, 0.3) is 0 Å². The number of ether oxygens (including phenoxy) is 3. The van der Waals surface area contributed by atoms with E-state index in [1.807, 2.05) is 30.3 Å². The summed E-state index contributed by atoms with van der Waals surface area (Å²) in [5.41, 5.74) is 8.38. The molecule has 0 bridgehead atoms. The zero-order valence-electron chi connectivity index (χ0n) is 15.6. The van der Waals surface area contributed by atoms with E-state index in [2.05, 4.69) is 26.0 Å². The van der Waals surface area contributed by atoms with Gasteiger partial charge >= 0.3 is 0 Å². The predicted octanol–water partition coefficient (Wildman–Crippen LogP) is 4.02. The van der Waals surface area contributed by atoms with Crippen molar-refractivity contribution in [3.63, 3.8) is 0 Å². The van der Waals surface area contributed by atoms with Crippen LogP contribution >= 0.6 is 0 Å². The van der Waals surface area contributed by atoms with E-state index in [1.165, 1.54) is 5.56 Å². The summed E-state index contributed by atoms with van der Waals surface area (Å²) in [5, 5.41) is 0. The van der Waals surface area contributed by atoms with Crippen molar-refractivity contribution in [2.45, 2.75) is 26.2 Å². The fourth-order valence-corrected chi connectivity index (χ4v) is 2.75. The second kappa shape index (κ2) is 9.33. The molecule has 2 aromatic carbocycles. The smallest absolute Gasteiger partial charge is 0.126 e.